The number of amides is 2. The molecule has 0 fully saturated rings. The number of carbonyl (C=O) groups excluding carboxylic acids is 2. The molecule has 2 amide bonds. The summed E-state index contributed by atoms with van der Waals surface area (Å²) in [7, 11) is 4.85. The topological polar surface area (TPSA) is 71.1 Å². The van der Waals surface area contributed by atoms with Crippen LogP contribution in [-0.2, 0) is 4.79 Å². The third-order valence-corrected chi connectivity index (χ3v) is 7.89. The zero-order chi connectivity index (χ0) is 26.5. The number of carbonyl (C=O) groups is 2. The lowest BCUT2D eigenvalue weighted by molar-refractivity contribution is -0.124. The van der Waals surface area contributed by atoms with Crippen molar-refractivity contribution in [1.82, 2.24) is 10.2 Å². The fraction of sp³-hybridized carbons (Fsp3) is 0.379. The van der Waals surface area contributed by atoms with Crippen molar-refractivity contribution in [3.8, 4) is 11.5 Å². The Kier molecular flexibility index (Phi) is 8.38. The second-order valence-corrected chi connectivity index (χ2v) is 10.2. The SMILES string of the molecule is CCN(CCCNC(=O)[C@@H]1c2cc(OC)c(OC)cc2C(=O)N(C)[C@@H]1c1cccs1)c1cccc(C)c1. The molecule has 0 saturated carbocycles. The summed E-state index contributed by atoms with van der Waals surface area (Å²) in [5.41, 5.74) is 3.54. The van der Waals surface area contributed by atoms with E-state index >= 15 is 0 Å². The number of hydrogen-bond donors (Lipinski definition) is 1. The number of methoxy groups -OCH3 is 2. The molecule has 196 valence electrons. The van der Waals surface area contributed by atoms with Crippen molar-refractivity contribution in [2.45, 2.75) is 32.2 Å². The molecule has 2 aromatic carbocycles. The second-order valence-electron chi connectivity index (χ2n) is 9.21. The molecule has 8 heteroatoms. The summed E-state index contributed by atoms with van der Waals surface area (Å²) >= 11 is 1.55. The minimum Gasteiger partial charge on any atom is -0.493 e. The van der Waals surface area contributed by atoms with E-state index in [0.717, 1.165) is 24.4 Å². The van der Waals surface area contributed by atoms with Crippen LogP contribution >= 0.6 is 11.3 Å². The summed E-state index contributed by atoms with van der Waals surface area (Å²) < 4.78 is 11.0. The molecule has 4 rings (SSSR count). The zero-order valence-corrected chi connectivity index (χ0v) is 22.9. The van der Waals surface area contributed by atoms with Gasteiger partial charge in [-0.1, -0.05) is 18.2 Å². The van der Waals surface area contributed by atoms with Crippen LogP contribution in [0.25, 0.3) is 0 Å². The van der Waals surface area contributed by atoms with Crippen LogP contribution in [0.2, 0.25) is 0 Å². The van der Waals surface area contributed by atoms with Crippen molar-refractivity contribution < 1.29 is 19.1 Å². The van der Waals surface area contributed by atoms with Crippen LogP contribution in [0.4, 0.5) is 5.69 Å². The molecule has 3 aromatic rings. The fourth-order valence-electron chi connectivity index (χ4n) is 5.03. The van der Waals surface area contributed by atoms with Gasteiger partial charge in [-0.2, -0.15) is 0 Å². The predicted molar refractivity (Wildman–Crippen MR) is 148 cm³/mol. The summed E-state index contributed by atoms with van der Waals surface area (Å²) in [6.45, 7) is 6.49. The summed E-state index contributed by atoms with van der Waals surface area (Å²) in [5.74, 6) is 0.140. The van der Waals surface area contributed by atoms with Crippen LogP contribution in [0.5, 0.6) is 11.5 Å². The molecule has 1 aliphatic rings. The van der Waals surface area contributed by atoms with Crippen molar-refractivity contribution in [1.29, 1.82) is 0 Å². The minimum atomic E-state index is -0.574. The van der Waals surface area contributed by atoms with E-state index in [0.29, 0.717) is 29.2 Å². The van der Waals surface area contributed by atoms with E-state index < -0.39 is 12.0 Å². The Morgan fingerprint density at radius 1 is 1.11 bits per heavy atom. The van der Waals surface area contributed by atoms with Crippen molar-refractivity contribution >= 4 is 28.8 Å². The van der Waals surface area contributed by atoms with Gasteiger partial charge < -0.3 is 24.6 Å². The van der Waals surface area contributed by atoms with E-state index in [-0.39, 0.29) is 11.8 Å². The lowest BCUT2D eigenvalue weighted by Gasteiger charge is -2.39. The molecule has 2 atom stereocenters. The smallest absolute Gasteiger partial charge is 0.254 e. The van der Waals surface area contributed by atoms with Crippen LogP contribution in [0.15, 0.2) is 53.9 Å². The maximum Gasteiger partial charge on any atom is 0.254 e. The molecule has 7 nitrogen and oxygen atoms in total. The van der Waals surface area contributed by atoms with Gasteiger partial charge in [0.15, 0.2) is 11.5 Å². The molecule has 1 N–H and O–H groups in total. The molecule has 0 spiro atoms. The Labute approximate surface area is 223 Å². The Bertz CT molecular complexity index is 1240. The maximum atomic E-state index is 13.8. The van der Waals surface area contributed by atoms with Gasteiger partial charge >= 0.3 is 0 Å². The van der Waals surface area contributed by atoms with Gasteiger partial charge in [-0.3, -0.25) is 9.59 Å². The Balaban J connectivity index is 1.57. The third kappa shape index (κ3) is 5.44. The van der Waals surface area contributed by atoms with Crippen LogP contribution < -0.4 is 19.7 Å². The number of rotatable bonds is 10. The van der Waals surface area contributed by atoms with E-state index in [1.165, 1.54) is 18.4 Å². The molecule has 0 saturated heterocycles. The number of nitrogens with one attached hydrogen (secondary N) is 1. The first-order chi connectivity index (χ1) is 17.9. The van der Waals surface area contributed by atoms with Gasteiger partial charge in [-0.05, 0) is 67.1 Å². The quantitative estimate of drug-likeness (QED) is 0.380. The first-order valence-corrected chi connectivity index (χ1v) is 13.4. The monoisotopic (exact) mass is 521 g/mol. The first-order valence-electron chi connectivity index (χ1n) is 12.5. The number of aryl methyl sites for hydroxylation is 1. The normalized spacial score (nSPS) is 16.8. The maximum absolute atomic E-state index is 13.8. The molecule has 1 aromatic heterocycles. The van der Waals surface area contributed by atoms with Crippen molar-refractivity contribution in [3.63, 3.8) is 0 Å². The number of anilines is 1. The average molecular weight is 522 g/mol. The van der Waals surface area contributed by atoms with Gasteiger partial charge in [0.25, 0.3) is 5.91 Å². The Morgan fingerprint density at radius 3 is 2.51 bits per heavy atom. The molecule has 0 bridgehead atoms. The van der Waals surface area contributed by atoms with E-state index in [1.54, 1.807) is 42.5 Å². The number of benzene rings is 2. The van der Waals surface area contributed by atoms with Gasteiger partial charge in [0.05, 0.1) is 26.2 Å². The van der Waals surface area contributed by atoms with Crippen molar-refractivity contribution in [2.24, 2.45) is 0 Å². The van der Waals surface area contributed by atoms with E-state index in [1.807, 2.05) is 17.5 Å². The highest BCUT2D eigenvalue weighted by molar-refractivity contribution is 7.10. The van der Waals surface area contributed by atoms with Crippen LogP contribution in [0.1, 0.15) is 51.7 Å². The Morgan fingerprint density at radius 2 is 1.86 bits per heavy atom. The fourth-order valence-corrected chi connectivity index (χ4v) is 5.94. The number of ether oxygens (including phenoxy) is 2. The number of fused-ring (bicyclic) bond motifs is 1. The highest BCUT2D eigenvalue weighted by atomic mass is 32.1. The third-order valence-electron chi connectivity index (χ3n) is 6.94. The molecule has 0 radical (unpaired) electrons. The molecule has 0 aliphatic carbocycles. The Hall–Kier alpha value is -3.52. The molecule has 0 unspecified atom stereocenters. The molecular weight excluding hydrogens is 486 g/mol. The number of nitrogens with zero attached hydrogens (tertiary/aromatic N) is 2. The first kappa shape index (κ1) is 26.5. The number of likely N-dealkylation sites (N-methyl/N-ethyl adjacent to an activating group) is 1. The second kappa shape index (κ2) is 11.7. The van der Waals surface area contributed by atoms with Crippen LogP contribution in [0, 0.1) is 6.92 Å². The molecule has 37 heavy (non-hydrogen) atoms. The highest BCUT2D eigenvalue weighted by Gasteiger charge is 2.44. The van der Waals surface area contributed by atoms with E-state index in [9.17, 15) is 9.59 Å². The summed E-state index contributed by atoms with van der Waals surface area (Å²) in [6, 6.07) is 15.4. The standard InChI is InChI=1S/C29H35N3O4S/c1-6-32(20-11-7-10-19(2)16-20)14-9-13-30-28(33)26-21-17-23(35-4)24(36-5)18-22(21)29(34)31(3)27(26)25-12-8-15-37-25/h7-8,10-12,15-18,26-27H,6,9,13-14H2,1-5H3,(H,30,33)/t26-,27-/m1/s1. The van der Waals surface area contributed by atoms with Gasteiger partial charge in [-0.15, -0.1) is 11.3 Å². The van der Waals surface area contributed by atoms with Crippen molar-refractivity contribution in [3.05, 3.63) is 75.5 Å². The van der Waals surface area contributed by atoms with E-state index in [2.05, 4.69) is 48.3 Å². The van der Waals surface area contributed by atoms with Gasteiger partial charge in [0.2, 0.25) is 5.91 Å². The lowest BCUT2D eigenvalue weighted by Crippen LogP contribution is -2.45. The summed E-state index contributed by atoms with van der Waals surface area (Å²) in [5, 5.41) is 5.13. The number of hydrogen-bond acceptors (Lipinski definition) is 6. The molecule has 2 heterocycles. The summed E-state index contributed by atoms with van der Waals surface area (Å²) in [6.07, 6.45) is 0.803. The molecular formula is C29H35N3O4S. The van der Waals surface area contributed by atoms with Gasteiger partial charge in [-0.25, -0.2) is 0 Å². The van der Waals surface area contributed by atoms with Crippen molar-refractivity contribution in [2.75, 3.05) is 45.8 Å². The predicted octanol–water partition coefficient (Wildman–Crippen LogP) is 5.02. The van der Waals surface area contributed by atoms with Gasteiger partial charge in [0.1, 0.15) is 0 Å². The van der Waals surface area contributed by atoms with E-state index in [4.69, 9.17) is 9.47 Å². The largest absolute Gasteiger partial charge is 0.493 e. The molecule has 1 aliphatic heterocycles. The average Bonchev–Trinajstić information content (AvgIpc) is 3.44. The lowest BCUT2D eigenvalue weighted by atomic mass is 9.81. The summed E-state index contributed by atoms with van der Waals surface area (Å²) in [4.78, 5) is 32.1. The highest BCUT2D eigenvalue weighted by Crippen LogP contribution is 2.46. The van der Waals surface area contributed by atoms with Crippen LogP contribution in [-0.4, -0.2) is 57.6 Å². The van der Waals surface area contributed by atoms with Crippen LogP contribution in [0.3, 0.4) is 0 Å². The zero-order valence-electron chi connectivity index (χ0n) is 22.1. The van der Waals surface area contributed by atoms with Gasteiger partial charge in [0, 0.05) is 42.8 Å². The minimum absolute atomic E-state index is 0.107. The number of thiophene rings is 1.